The fourth-order valence-corrected chi connectivity index (χ4v) is 4.89. The van der Waals surface area contributed by atoms with Crippen molar-refractivity contribution in [3.05, 3.63) is 71.6 Å². The lowest BCUT2D eigenvalue weighted by Gasteiger charge is -2.41. The zero-order valence-electron chi connectivity index (χ0n) is 18.8. The van der Waals surface area contributed by atoms with Crippen molar-refractivity contribution in [2.24, 2.45) is 0 Å². The van der Waals surface area contributed by atoms with Gasteiger partial charge in [0, 0.05) is 29.9 Å². The third kappa shape index (κ3) is 4.64. The van der Waals surface area contributed by atoms with Crippen LogP contribution in [-0.4, -0.2) is 16.8 Å². The molecule has 0 radical (unpaired) electrons. The quantitative estimate of drug-likeness (QED) is 0.558. The minimum atomic E-state index is -2.90. The molecule has 2 aromatic carbocycles. The highest BCUT2D eigenvalue weighted by molar-refractivity contribution is 5.80. The molecule has 1 heterocycles. The average Bonchev–Trinajstić information content (AvgIpc) is 2.75. The molecule has 4 nitrogen and oxygen atoms in total. The van der Waals surface area contributed by atoms with Crippen molar-refractivity contribution in [1.29, 1.82) is 0 Å². The summed E-state index contributed by atoms with van der Waals surface area (Å²) in [7, 11) is 0. The largest absolute Gasteiger partial charge is 0.365 e. The molecule has 1 unspecified atom stereocenters. The van der Waals surface area contributed by atoms with Crippen molar-refractivity contribution in [3.63, 3.8) is 0 Å². The van der Waals surface area contributed by atoms with Crippen molar-refractivity contribution in [2.75, 3.05) is 5.32 Å². The molecule has 2 N–H and O–H groups in total. The van der Waals surface area contributed by atoms with E-state index in [-0.39, 0.29) is 23.6 Å². The topological polar surface area (TPSA) is 44.4 Å². The number of rotatable bonds is 5. The molecule has 0 spiro atoms. The molecule has 4 rings (SSSR count). The number of benzene rings is 2. The summed E-state index contributed by atoms with van der Waals surface area (Å²) < 4.78 is 27.4. The highest BCUT2D eigenvalue weighted by Gasteiger charge is 2.35. The number of anilines is 2. The fourth-order valence-electron chi connectivity index (χ4n) is 4.89. The summed E-state index contributed by atoms with van der Waals surface area (Å²) in [6, 6.07) is 12.2. The van der Waals surface area contributed by atoms with Gasteiger partial charge in [0.25, 0.3) is 5.92 Å². The Morgan fingerprint density at radius 3 is 2.53 bits per heavy atom. The Bertz CT molecular complexity index is 990. The van der Waals surface area contributed by atoms with Gasteiger partial charge in [-0.3, -0.25) is 9.69 Å². The highest BCUT2D eigenvalue weighted by Crippen LogP contribution is 2.35. The van der Waals surface area contributed by atoms with E-state index in [0.717, 1.165) is 49.4 Å². The number of hydrogen-bond donors (Lipinski definition) is 2. The Labute approximate surface area is 188 Å². The Balaban J connectivity index is 1.53. The smallest absolute Gasteiger partial charge is 0.270 e. The normalized spacial score (nSPS) is 20.2. The molecule has 1 aliphatic heterocycles. The number of nitrogens with one attached hydrogen (secondary N) is 2. The Kier molecular flexibility index (Phi) is 6.22. The molecule has 0 aromatic heterocycles. The van der Waals surface area contributed by atoms with E-state index < -0.39 is 5.92 Å². The van der Waals surface area contributed by atoms with E-state index in [1.165, 1.54) is 18.6 Å². The molecule has 1 saturated heterocycles. The van der Waals surface area contributed by atoms with E-state index in [4.69, 9.17) is 0 Å². The molecule has 2 aliphatic rings. The predicted octanol–water partition coefficient (Wildman–Crippen LogP) is 6.52. The maximum absolute atomic E-state index is 13.7. The fraction of sp³-hybridized carbons (Fsp3) is 0.423. The first-order chi connectivity index (χ1) is 15.2. The zero-order chi connectivity index (χ0) is 22.9. The number of carbonyl (C=O) groups excluding carboxylic acids is 1. The number of hydrogen-bond acceptors (Lipinski definition) is 3. The van der Waals surface area contributed by atoms with E-state index in [1.54, 1.807) is 12.1 Å². The van der Waals surface area contributed by atoms with Crippen LogP contribution in [0.2, 0.25) is 0 Å². The second kappa shape index (κ2) is 8.93. The molecular formula is C26H31F2N3O. The first kappa shape index (κ1) is 22.3. The van der Waals surface area contributed by atoms with Gasteiger partial charge in [0.15, 0.2) is 0 Å². The molecule has 1 atom stereocenters. The lowest BCUT2D eigenvalue weighted by molar-refractivity contribution is -0.134. The molecule has 1 saturated carbocycles. The maximum atomic E-state index is 13.7. The standard InChI is InChI=1S/C26H31F2N3O/c1-17-22(24-16-25(32)31(18(2)29-24)21-11-5-4-6-12-21)13-8-14-23(17)30-20-10-7-9-19(15-20)26(3,27)28/h7-10,13-15,21,24,29-30H,2,4-6,11-12,16H2,1,3H3. The summed E-state index contributed by atoms with van der Waals surface area (Å²) in [6.45, 7) is 7.04. The Morgan fingerprint density at radius 2 is 1.84 bits per heavy atom. The lowest BCUT2D eigenvalue weighted by atomic mass is 9.91. The number of halogens is 2. The molecule has 0 bridgehead atoms. The number of carbonyl (C=O) groups is 1. The second-order valence-corrected chi connectivity index (χ2v) is 9.02. The molecule has 6 heteroatoms. The maximum Gasteiger partial charge on any atom is 0.270 e. The molecular weight excluding hydrogens is 408 g/mol. The van der Waals surface area contributed by atoms with E-state index >= 15 is 0 Å². The van der Waals surface area contributed by atoms with Crippen molar-refractivity contribution in [2.45, 2.75) is 70.4 Å². The van der Waals surface area contributed by atoms with Crippen LogP contribution in [0.3, 0.4) is 0 Å². The summed E-state index contributed by atoms with van der Waals surface area (Å²) in [6.07, 6.45) is 5.99. The SMILES string of the molecule is C=C1NC(c2cccc(Nc3cccc(C(C)(F)F)c3)c2C)CC(=O)N1C1CCCCC1. The Morgan fingerprint density at radius 1 is 1.12 bits per heavy atom. The van der Waals surface area contributed by atoms with Gasteiger partial charge in [0.05, 0.1) is 12.5 Å². The summed E-state index contributed by atoms with van der Waals surface area (Å²) in [5.74, 6) is -2.11. The Hall–Kier alpha value is -2.89. The zero-order valence-corrected chi connectivity index (χ0v) is 18.8. The lowest BCUT2D eigenvalue weighted by Crippen LogP contribution is -2.50. The molecule has 170 valence electrons. The van der Waals surface area contributed by atoms with Gasteiger partial charge in [-0.25, -0.2) is 8.78 Å². The van der Waals surface area contributed by atoms with Crippen molar-refractivity contribution in [1.82, 2.24) is 10.2 Å². The van der Waals surface area contributed by atoms with Crippen LogP contribution in [0.5, 0.6) is 0 Å². The van der Waals surface area contributed by atoms with Crippen molar-refractivity contribution >= 4 is 17.3 Å². The molecule has 1 amide bonds. The van der Waals surface area contributed by atoms with Gasteiger partial charge in [0.1, 0.15) is 5.82 Å². The van der Waals surface area contributed by atoms with Crippen LogP contribution < -0.4 is 10.6 Å². The van der Waals surface area contributed by atoms with E-state index in [2.05, 4.69) is 17.2 Å². The summed E-state index contributed by atoms with van der Waals surface area (Å²) >= 11 is 0. The number of nitrogens with zero attached hydrogens (tertiary/aromatic N) is 1. The van der Waals surface area contributed by atoms with Gasteiger partial charge < -0.3 is 10.6 Å². The molecule has 2 fully saturated rings. The van der Waals surface area contributed by atoms with E-state index in [0.29, 0.717) is 17.9 Å². The number of amides is 1. The van der Waals surface area contributed by atoms with Crippen LogP contribution in [0.4, 0.5) is 20.2 Å². The average molecular weight is 440 g/mol. The van der Waals surface area contributed by atoms with Crippen molar-refractivity contribution < 1.29 is 13.6 Å². The van der Waals surface area contributed by atoms with Gasteiger partial charge in [-0.05, 0) is 49.1 Å². The third-order valence-electron chi connectivity index (χ3n) is 6.62. The van der Waals surface area contributed by atoms with Crippen LogP contribution in [-0.2, 0) is 10.7 Å². The van der Waals surface area contributed by atoms with Crippen LogP contribution in [0, 0.1) is 6.92 Å². The van der Waals surface area contributed by atoms with E-state index in [9.17, 15) is 13.6 Å². The van der Waals surface area contributed by atoms with Crippen LogP contribution in [0.1, 0.15) is 68.2 Å². The van der Waals surface area contributed by atoms with Gasteiger partial charge in [0.2, 0.25) is 5.91 Å². The molecule has 32 heavy (non-hydrogen) atoms. The second-order valence-electron chi connectivity index (χ2n) is 9.02. The van der Waals surface area contributed by atoms with Gasteiger partial charge >= 0.3 is 0 Å². The van der Waals surface area contributed by atoms with Crippen molar-refractivity contribution in [3.8, 4) is 0 Å². The summed E-state index contributed by atoms with van der Waals surface area (Å²) in [5, 5.41) is 6.72. The summed E-state index contributed by atoms with van der Waals surface area (Å²) in [4.78, 5) is 14.9. The highest BCUT2D eigenvalue weighted by atomic mass is 19.3. The summed E-state index contributed by atoms with van der Waals surface area (Å²) in [5.41, 5.74) is 3.38. The van der Waals surface area contributed by atoms with Crippen LogP contribution >= 0.6 is 0 Å². The van der Waals surface area contributed by atoms with Crippen LogP contribution in [0.15, 0.2) is 54.9 Å². The number of alkyl halides is 2. The first-order valence-corrected chi connectivity index (χ1v) is 11.4. The molecule has 1 aliphatic carbocycles. The third-order valence-corrected chi connectivity index (χ3v) is 6.62. The van der Waals surface area contributed by atoms with Crippen LogP contribution in [0.25, 0.3) is 0 Å². The minimum absolute atomic E-state index is 0.0324. The first-order valence-electron chi connectivity index (χ1n) is 11.4. The van der Waals surface area contributed by atoms with Gasteiger partial charge in [-0.15, -0.1) is 0 Å². The van der Waals surface area contributed by atoms with E-state index in [1.807, 2.05) is 30.0 Å². The monoisotopic (exact) mass is 439 g/mol. The van der Waals surface area contributed by atoms with Gasteiger partial charge in [-0.2, -0.15) is 0 Å². The predicted molar refractivity (Wildman–Crippen MR) is 124 cm³/mol. The minimum Gasteiger partial charge on any atom is -0.365 e. The molecule has 2 aromatic rings. The van der Waals surface area contributed by atoms with Gasteiger partial charge in [-0.1, -0.05) is 50.1 Å².